The quantitative estimate of drug-likeness (QED) is 0.381. The van der Waals surface area contributed by atoms with E-state index in [0.29, 0.717) is 0 Å². The van der Waals surface area contributed by atoms with E-state index in [1.165, 1.54) is 6.92 Å². The molecule has 0 spiro atoms. The van der Waals surface area contributed by atoms with Gasteiger partial charge < -0.3 is 4.74 Å². The van der Waals surface area contributed by atoms with Gasteiger partial charge in [-0.3, -0.25) is 0 Å². The second-order valence-electron chi connectivity index (χ2n) is 1.97. The minimum atomic E-state index is -3.49. The standard InChI is InChI=1S/C6H7ClF2O2/c1-4(2)5(10)11-3-6(7,8)9/h1,3H2,2H3. The van der Waals surface area contributed by atoms with Crippen LogP contribution in [0.1, 0.15) is 6.92 Å². The minimum Gasteiger partial charge on any atom is -0.454 e. The zero-order chi connectivity index (χ0) is 9.07. The van der Waals surface area contributed by atoms with Crippen LogP contribution in [0.2, 0.25) is 0 Å². The highest BCUT2D eigenvalue weighted by atomic mass is 35.5. The Bertz CT molecular complexity index is 174. The van der Waals surface area contributed by atoms with Gasteiger partial charge in [0.1, 0.15) is 0 Å². The number of carbonyl (C=O) groups is 1. The van der Waals surface area contributed by atoms with E-state index in [4.69, 9.17) is 0 Å². The fourth-order valence-electron chi connectivity index (χ4n) is 0.271. The van der Waals surface area contributed by atoms with E-state index in [0.717, 1.165) is 0 Å². The first-order valence-corrected chi connectivity index (χ1v) is 3.10. The Morgan fingerprint density at radius 1 is 1.73 bits per heavy atom. The molecule has 2 nitrogen and oxygen atoms in total. The number of carbonyl (C=O) groups excluding carboxylic acids is 1. The Hall–Kier alpha value is -0.640. The van der Waals surface area contributed by atoms with E-state index >= 15 is 0 Å². The van der Waals surface area contributed by atoms with Crippen molar-refractivity contribution in [2.75, 3.05) is 6.61 Å². The molecule has 11 heavy (non-hydrogen) atoms. The van der Waals surface area contributed by atoms with Gasteiger partial charge in [0.2, 0.25) is 0 Å². The van der Waals surface area contributed by atoms with Crippen LogP contribution < -0.4 is 0 Å². The summed E-state index contributed by atoms with van der Waals surface area (Å²) in [7, 11) is 0. The summed E-state index contributed by atoms with van der Waals surface area (Å²) in [5.41, 5.74) is 0.0610. The lowest BCUT2D eigenvalue weighted by molar-refractivity contribution is -0.144. The number of hydrogen-bond acceptors (Lipinski definition) is 2. The molecule has 0 saturated carbocycles. The van der Waals surface area contributed by atoms with E-state index in [-0.39, 0.29) is 5.57 Å². The smallest absolute Gasteiger partial charge is 0.355 e. The van der Waals surface area contributed by atoms with Crippen LogP contribution in [-0.4, -0.2) is 18.0 Å². The van der Waals surface area contributed by atoms with Crippen molar-refractivity contribution in [3.05, 3.63) is 12.2 Å². The third kappa shape index (κ3) is 5.79. The molecule has 0 aromatic carbocycles. The third-order valence-corrected chi connectivity index (χ3v) is 0.824. The van der Waals surface area contributed by atoms with Gasteiger partial charge in [-0.15, -0.1) is 0 Å². The first kappa shape index (κ1) is 10.4. The van der Waals surface area contributed by atoms with Crippen LogP contribution in [0.25, 0.3) is 0 Å². The number of hydrogen-bond donors (Lipinski definition) is 0. The van der Waals surface area contributed by atoms with Crippen LogP contribution in [0.5, 0.6) is 0 Å². The number of esters is 1. The second kappa shape index (κ2) is 3.67. The Morgan fingerprint density at radius 2 is 2.18 bits per heavy atom. The maximum Gasteiger partial charge on any atom is 0.355 e. The molecule has 0 aliphatic rings. The van der Waals surface area contributed by atoms with Gasteiger partial charge in [0.05, 0.1) is 0 Å². The van der Waals surface area contributed by atoms with Crippen molar-refractivity contribution >= 4 is 17.6 Å². The van der Waals surface area contributed by atoms with Gasteiger partial charge in [-0.25, -0.2) is 4.79 Å². The Balaban J connectivity index is 3.73. The van der Waals surface area contributed by atoms with Crippen molar-refractivity contribution in [3.8, 4) is 0 Å². The summed E-state index contributed by atoms with van der Waals surface area (Å²) in [5, 5.41) is -3.49. The number of halogens is 3. The molecule has 0 aliphatic carbocycles. The summed E-state index contributed by atoms with van der Waals surface area (Å²) >= 11 is 4.44. The summed E-state index contributed by atoms with van der Waals surface area (Å²) in [6, 6.07) is 0. The molecule has 0 aromatic rings. The zero-order valence-corrected chi connectivity index (χ0v) is 6.62. The van der Waals surface area contributed by atoms with Crippen molar-refractivity contribution in [3.63, 3.8) is 0 Å². The average molecular weight is 185 g/mol. The van der Waals surface area contributed by atoms with Gasteiger partial charge >= 0.3 is 11.4 Å². The molecule has 5 heteroatoms. The molecule has 0 heterocycles. The molecule has 0 amide bonds. The first-order chi connectivity index (χ1) is 4.83. The largest absolute Gasteiger partial charge is 0.454 e. The van der Waals surface area contributed by atoms with Crippen LogP contribution in [0.15, 0.2) is 12.2 Å². The van der Waals surface area contributed by atoms with Gasteiger partial charge in [-0.1, -0.05) is 6.58 Å². The van der Waals surface area contributed by atoms with Crippen molar-refractivity contribution < 1.29 is 18.3 Å². The zero-order valence-electron chi connectivity index (χ0n) is 5.86. The number of ether oxygens (including phenoxy) is 1. The van der Waals surface area contributed by atoms with E-state index < -0.39 is 18.0 Å². The summed E-state index contributed by atoms with van der Waals surface area (Å²) in [6.45, 7) is 3.42. The Kier molecular flexibility index (Phi) is 3.45. The Labute approximate surface area is 67.8 Å². The molecule has 0 atom stereocenters. The van der Waals surface area contributed by atoms with Crippen molar-refractivity contribution in [2.45, 2.75) is 12.3 Å². The third-order valence-electron chi connectivity index (χ3n) is 0.715. The minimum absolute atomic E-state index is 0.0610. The first-order valence-electron chi connectivity index (χ1n) is 2.72. The normalized spacial score (nSPS) is 10.9. The van der Waals surface area contributed by atoms with Crippen LogP contribution in [-0.2, 0) is 9.53 Å². The monoisotopic (exact) mass is 184 g/mol. The van der Waals surface area contributed by atoms with Gasteiger partial charge in [-0.05, 0) is 18.5 Å². The van der Waals surface area contributed by atoms with Crippen molar-refractivity contribution in [2.24, 2.45) is 0 Å². The second-order valence-corrected chi connectivity index (χ2v) is 2.52. The lowest BCUT2D eigenvalue weighted by atomic mass is 10.4. The van der Waals surface area contributed by atoms with Crippen molar-refractivity contribution in [1.29, 1.82) is 0 Å². The van der Waals surface area contributed by atoms with Gasteiger partial charge in [0.15, 0.2) is 6.61 Å². The van der Waals surface area contributed by atoms with Crippen molar-refractivity contribution in [1.82, 2.24) is 0 Å². The number of alkyl halides is 3. The van der Waals surface area contributed by atoms with Gasteiger partial charge in [0, 0.05) is 5.57 Å². The van der Waals surface area contributed by atoms with Crippen LogP contribution in [0, 0.1) is 0 Å². The molecular formula is C6H7ClF2O2. The maximum atomic E-state index is 11.8. The van der Waals surface area contributed by atoms with Crippen LogP contribution in [0.3, 0.4) is 0 Å². The fourth-order valence-corrected chi connectivity index (χ4v) is 0.325. The van der Waals surface area contributed by atoms with Gasteiger partial charge in [-0.2, -0.15) is 8.78 Å². The molecule has 0 radical (unpaired) electrons. The van der Waals surface area contributed by atoms with Crippen LogP contribution in [0.4, 0.5) is 8.78 Å². The van der Waals surface area contributed by atoms with E-state index in [9.17, 15) is 13.6 Å². The molecule has 0 fully saturated rings. The predicted molar refractivity (Wildman–Crippen MR) is 36.6 cm³/mol. The summed E-state index contributed by atoms with van der Waals surface area (Å²) in [4.78, 5) is 10.5. The molecule has 0 aliphatic heterocycles. The fraction of sp³-hybridized carbons (Fsp3) is 0.500. The predicted octanol–water partition coefficient (Wildman–Crippen LogP) is 1.94. The average Bonchev–Trinajstić information content (AvgIpc) is 1.80. The van der Waals surface area contributed by atoms with Gasteiger partial charge in [0.25, 0.3) is 0 Å². The highest BCUT2D eigenvalue weighted by Crippen LogP contribution is 2.18. The molecule has 0 N–H and O–H groups in total. The summed E-state index contributed by atoms with van der Waals surface area (Å²) < 4.78 is 27.7. The maximum absolute atomic E-state index is 11.8. The highest BCUT2D eigenvalue weighted by Gasteiger charge is 2.26. The molecular weight excluding hydrogens is 178 g/mol. The molecule has 64 valence electrons. The lowest BCUT2D eigenvalue weighted by Gasteiger charge is -2.07. The molecule has 0 rings (SSSR count). The molecule has 0 saturated heterocycles. The topological polar surface area (TPSA) is 26.3 Å². The van der Waals surface area contributed by atoms with E-state index in [2.05, 4.69) is 22.9 Å². The number of rotatable bonds is 3. The van der Waals surface area contributed by atoms with Crippen LogP contribution >= 0.6 is 11.6 Å². The molecule has 0 unspecified atom stereocenters. The molecule has 0 bridgehead atoms. The Morgan fingerprint density at radius 3 is 2.45 bits per heavy atom. The van der Waals surface area contributed by atoms with E-state index in [1.807, 2.05) is 0 Å². The SMILES string of the molecule is C=C(C)C(=O)OCC(F)(F)Cl. The molecule has 0 aromatic heterocycles. The highest BCUT2D eigenvalue weighted by molar-refractivity contribution is 6.21. The summed E-state index contributed by atoms with van der Waals surface area (Å²) in [6.07, 6.45) is 0. The van der Waals surface area contributed by atoms with E-state index in [1.54, 1.807) is 0 Å². The summed E-state index contributed by atoms with van der Waals surface area (Å²) in [5.74, 6) is -0.870. The lowest BCUT2D eigenvalue weighted by Crippen LogP contribution is -2.19.